The molecule has 0 unspecified atom stereocenters. The number of nitrogens with one attached hydrogen (secondary N) is 2. The lowest BCUT2D eigenvalue weighted by Gasteiger charge is -2.32. The van der Waals surface area contributed by atoms with E-state index in [4.69, 9.17) is 25.6 Å². The van der Waals surface area contributed by atoms with Crippen molar-refractivity contribution in [3.8, 4) is 0 Å². The molecule has 0 aliphatic carbocycles. The molecule has 1 amide bonds. The lowest BCUT2D eigenvalue weighted by atomic mass is 9.77. The van der Waals surface area contributed by atoms with Crippen molar-refractivity contribution in [1.82, 2.24) is 10.3 Å². The smallest absolute Gasteiger partial charge is 0.445 e. The Balaban J connectivity index is 1.74. The fourth-order valence-corrected chi connectivity index (χ4v) is 3.09. The summed E-state index contributed by atoms with van der Waals surface area (Å²) < 4.78 is 17.5. The average molecular weight is 445 g/mol. The molecule has 1 aromatic heterocycles. The lowest BCUT2D eigenvalue weighted by Crippen LogP contribution is -2.41. The van der Waals surface area contributed by atoms with Gasteiger partial charge in [0.1, 0.15) is 11.6 Å². The Morgan fingerprint density at radius 2 is 1.84 bits per heavy atom. The summed E-state index contributed by atoms with van der Waals surface area (Å²) >= 11 is 5.95. The van der Waals surface area contributed by atoms with Gasteiger partial charge in [0, 0.05) is 12.7 Å². The third-order valence-corrected chi connectivity index (χ3v) is 5.72. The molecule has 3 rings (SSSR count). The number of aromatic amines is 1. The van der Waals surface area contributed by atoms with Crippen LogP contribution in [0.4, 0.5) is 4.79 Å². The van der Waals surface area contributed by atoms with Crippen LogP contribution >= 0.6 is 11.6 Å². The van der Waals surface area contributed by atoms with Crippen LogP contribution in [0.15, 0.2) is 52.9 Å². The van der Waals surface area contributed by atoms with Gasteiger partial charge in [-0.05, 0) is 50.4 Å². The Morgan fingerprint density at radius 3 is 2.45 bits per heavy atom. The number of carbonyl (C=O) groups excluding carboxylic acids is 1. The predicted molar refractivity (Wildman–Crippen MR) is 121 cm³/mol. The Morgan fingerprint density at radius 1 is 1.19 bits per heavy atom. The highest BCUT2D eigenvalue weighted by molar-refractivity contribution is 6.56. The van der Waals surface area contributed by atoms with Gasteiger partial charge in [-0.1, -0.05) is 48.0 Å². The summed E-state index contributed by atoms with van der Waals surface area (Å²) in [6.07, 6.45) is 2.74. The molecule has 0 spiro atoms. The van der Waals surface area contributed by atoms with Crippen LogP contribution < -0.4 is 10.9 Å². The van der Waals surface area contributed by atoms with Crippen molar-refractivity contribution in [2.45, 2.75) is 45.5 Å². The molecular weight excluding hydrogens is 419 g/mol. The second-order valence-corrected chi connectivity index (χ2v) is 8.74. The maximum atomic E-state index is 12.2. The van der Waals surface area contributed by atoms with Gasteiger partial charge < -0.3 is 24.3 Å². The number of ether oxygens (including phenoxy) is 1. The van der Waals surface area contributed by atoms with Crippen LogP contribution in [0.25, 0.3) is 6.08 Å². The van der Waals surface area contributed by atoms with Crippen LogP contribution in [-0.4, -0.2) is 35.9 Å². The van der Waals surface area contributed by atoms with Crippen LogP contribution in [0.2, 0.25) is 5.02 Å². The molecule has 0 saturated carbocycles. The fourth-order valence-electron chi connectivity index (χ4n) is 2.91. The predicted octanol–water partition coefficient (Wildman–Crippen LogP) is 3.97. The molecule has 2 aromatic rings. The van der Waals surface area contributed by atoms with Gasteiger partial charge in [0.15, 0.2) is 0 Å². The second-order valence-electron chi connectivity index (χ2n) is 8.33. The van der Waals surface area contributed by atoms with Gasteiger partial charge in [-0.2, -0.15) is 0 Å². The van der Waals surface area contributed by atoms with Crippen LogP contribution in [-0.2, 0) is 20.7 Å². The minimum Gasteiger partial charge on any atom is -0.445 e. The Bertz CT molecular complexity index is 1000. The SMILES string of the molecule is CC1(C)OB(C(=Cc2c[nH]c(=O)c(Cl)c2)CNC(=O)OCc2ccccc2)OC1(C)C. The van der Waals surface area contributed by atoms with E-state index in [1.165, 1.54) is 6.20 Å². The van der Waals surface area contributed by atoms with E-state index in [2.05, 4.69) is 10.3 Å². The number of hydrogen-bond donors (Lipinski definition) is 2. The van der Waals surface area contributed by atoms with E-state index in [-0.39, 0.29) is 23.7 Å². The highest BCUT2D eigenvalue weighted by atomic mass is 35.5. The fraction of sp³-hybridized carbons (Fsp3) is 0.364. The largest absolute Gasteiger partial charge is 0.492 e. The summed E-state index contributed by atoms with van der Waals surface area (Å²) in [5.41, 5.74) is 0.716. The third kappa shape index (κ3) is 5.78. The first-order chi connectivity index (χ1) is 14.6. The van der Waals surface area contributed by atoms with E-state index < -0.39 is 24.4 Å². The molecule has 1 fully saturated rings. The number of alkyl carbamates (subject to hydrolysis) is 1. The monoisotopic (exact) mass is 444 g/mol. The number of hydrogen-bond acceptors (Lipinski definition) is 5. The van der Waals surface area contributed by atoms with Crippen molar-refractivity contribution < 1.29 is 18.8 Å². The number of benzene rings is 1. The summed E-state index contributed by atoms with van der Waals surface area (Å²) in [4.78, 5) is 26.4. The zero-order valence-electron chi connectivity index (χ0n) is 18.0. The first kappa shape index (κ1) is 23.1. The first-order valence-electron chi connectivity index (χ1n) is 9.96. The second kappa shape index (κ2) is 9.30. The first-order valence-corrected chi connectivity index (χ1v) is 10.3. The Kier molecular flexibility index (Phi) is 6.94. The van der Waals surface area contributed by atoms with Crippen molar-refractivity contribution in [1.29, 1.82) is 0 Å². The van der Waals surface area contributed by atoms with Crippen molar-refractivity contribution in [2.24, 2.45) is 0 Å². The molecule has 1 aliphatic heterocycles. The van der Waals surface area contributed by atoms with Crippen LogP contribution in [0, 0.1) is 0 Å². The van der Waals surface area contributed by atoms with Gasteiger partial charge in [-0.3, -0.25) is 4.79 Å². The summed E-state index contributed by atoms with van der Waals surface area (Å²) in [6, 6.07) is 11.0. The van der Waals surface area contributed by atoms with Gasteiger partial charge in [-0.25, -0.2) is 4.79 Å². The molecule has 1 aromatic carbocycles. The number of pyridine rings is 1. The van der Waals surface area contributed by atoms with Gasteiger partial charge in [0.2, 0.25) is 0 Å². The van der Waals surface area contributed by atoms with Gasteiger partial charge >= 0.3 is 13.2 Å². The maximum Gasteiger partial charge on any atom is 0.492 e. The number of H-pyrrole nitrogens is 1. The molecular formula is C22H26BClN2O5. The molecule has 2 N–H and O–H groups in total. The van der Waals surface area contributed by atoms with E-state index in [1.54, 1.807) is 12.1 Å². The normalized spacial score (nSPS) is 17.5. The highest BCUT2D eigenvalue weighted by Gasteiger charge is 2.52. The third-order valence-electron chi connectivity index (χ3n) is 5.44. The Hall–Kier alpha value is -2.55. The maximum absolute atomic E-state index is 12.2. The molecule has 1 saturated heterocycles. The van der Waals surface area contributed by atoms with E-state index in [0.29, 0.717) is 11.0 Å². The van der Waals surface area contributed by atoms with Crippen molar-refractivity contribution in [3.05, 3.63) is 74.6 Å². The van der Waals surface area contributed by atoms with Crippen molar-refractivity contribution >= 4 is 30.9 Å². The number of aromatic nitrogens is 1. The molecule has 164 valence electrons. The number of amides is 1. The van der Waals surface area contributed by atoms with Gasteiger partial charge in [0.25, 0.3) is 5.56 Å². The molecule has 1 aliphatic rings. The molecule has 0 atom stereocenters. The van der Waals surface area contributed by atoms with E-state index in [0.717, 1.165) is 5.56 Å². The topological polar surface area (TPSA) is 89.7 Å². The van der Waals surface area contributed by atoms with Crippen molar-refractivity contribution in [3.63, 3.8) is 0 Å². The van der Waals surface area contributed by atoms with E-state index >= 15 is 0 Å². The average Bonchev–Trinajstić information content (AvgIpc) is 2.94. The number of rotatable bonds is 6. The molecule has 31 heavy (non-hydrogen) atoms. The van der Waals surface area contributed by atoms with Crippen LogP contribution in [0.1, 0.15) is 38.8 Å². The van der Waals surface area contributed by atoms with Gasteiger partial charge in [-0.15, -0.1) is 0 Å². The summed E-state index contributed by atoms with van der Waals surface area (Å²) in [5, 5.41) is 2.80. The molecule has 0 radical (unpaired) electrons. The van der Waals surface area contributed by atoms with E-state index in [9.17, 15) is 9.59 Å². The minimum atomic E-state index is -0.690. The summed E-state index contributed by atoms with van der Waals surface area (Å²) in [5.74, 6) is 0. The van der Waals surface area contributed by atoms with E-state index in [1.807, 2.05) is 58.0 Å². The Labute approximate surface area is 186 Å². The van der Waals surface area contributed by atoms with Crippen molar-refractivity contribution in [2.75, 3.05) is 6.54 Å². The summed E-state index contributed by atoms with van der Waals surface area (Å²) in [7, 11) is -0.690. The molecule has 2 heterocycles. The number of carbonyl (C=O) groups is 1. The summed E-state index contributed by atoms with van der Waals surface area (Å²) in [6.45, 7) is 8.08. The van der Waals surface area contributed by atoms with Crippen LogP contribution in [0.5, 0.6) is 0 Å². The molecule has 0 bridgehead atoms. The van der Waals surface area contributed by atoms with Crippen LogP contribution in [0.3, 0.4) is 0 Å². The molecule has 7 nitrogen and oxygen atoms in total. The quantitative estimate of drug-likeness (QED) is 0.658. The van der Waals surface area contributed by atoms with Gasteiger partial charge in [0.05, 0.1) is 11.2 Å². The minimum absolute atomic E-state index is 0.0669. The standard InChI is InChI=1S/C22H26BClN2O5/c1-21(2)22(3,4)31-23(30-21)17(10-16-11-18(24)19(27)25-12-16)13-26-20(28)29-14-15-8-6-5-7-9-15/h5-12H,13-14H2,1-4H3,(H,25,27)(H,26,28). The lowest BCUT2D eigenvalue weighted by molar-refractivity contribution is 0.00578. The highest BCUT2D eigenvalue weighted by Crippen LogP contribution is 2.38. The number of halogens is 1. The zero-order valence-corrected chi connectivity index (χ0v) is 18.8. The zero-order chi connectivity index (χ0) is 22.6. The molecule has 9 heteroatoms.